The third-order valence-corrected chi connectivity index (χ3v) is 2.19. The fourth-order valence-electron chi connectivity index (χ4n) is 0.713. The summed E-state index contributed by atoms with van der Waals surface area (Å²) in [7, 11) is 1.24. The summed E-state index contributed by atoms with van der Waals surface area (Å²) in [6, 6.07) is 0. The van der Waals surface area contributed by atoms with E-state index in [2.05, 4.69) is 15.0 Å². The first kappa shape index (κ1) is 11.2. The number of carboxylic acid groups (broad SMARTS) is 1. The fraction of sp³-hybridized carbons (Fsp3) is 0.125. The minimum Gasteiger partial charge on any atom is -0.478 e. The van der Waals surface area contributed by atoms with E-state index in [1.165, 1.54) is 19.4 Å². The van der Waals surface area contributed by atoms with Gasteiger partial charge in [-0.1, -0.05) is 11.3 Å². The molecule has 2 N–H and O–H groups in total. The number of carboxylic acids is 1. The Morgan fingerprint density at radius 3 is 3.00 bits per heavy atom. The first-order valence-electron chi connectivity index (χ1n) is 3.83. The van der Waals surface area contributed by atoms with Crippen molar-refractivity contribution in [2.24, 2.45) is 0 Å². The van der Waals surface area contributed by atoms with Crippen molar-refractivity contribution in [3.8, 4) is 0 Å². The Labute approximate surface area is 89.2 Å². The first-order valence-corrected chi connectivity index (χ1v) is 4.65. The Morgan fingerprint density at radius 1 is 1.67 bits per heavy atom. The highest BCUT2D eigenvalue weighted by Gasteiger charge is 2.04. The molecular weight excluding hydrogens is 220 g/mol. The largest absolute Gasteiger partial charge is 0.478 e. The molecule has 0 saturated heterocycles. The number of nitrogens with one attached hydrogen (secondary N) is 1. The van der Waals surface area contributed by atoms with Gasteiger partial charge in [-0.3, -0.25) is 5.32 Å². The zero-order valence-corrected chi connectivity index (χ0v) is 8.58. The van der Waals surface area contributed by atoms with Crippen LogP contribution >= 0.6 is 11.3 Å². The Bertz CT molecular complexity index is 399. The molecule has 0 aromatic carbocycles. The van der Waals surface area contributed by atoms with Crippen molar-refractivity contribution < 1.29 is 19.4 Å². The number of thiazole rings is 1. The lowest BCUT2D eigenvalue weighted by Gasteiger charge is -1.96. The van der Waals surface area contributed by atoms with Crippen molar-refractivity contribution >= 4 is 34.6 Å². The second-order valence-electron chi connectivity index (χ2n) is 2.36. The van der Waals surface area contributed by atoms with Crippen LogP contribution in [0.4, 0.5) is 9.93 Å². The maximum Gasteiger partial charge on any atom is 0.413 e. The van der Waals surface area contributed by atoms with Crippen molar-refractivity contribution in [2.75, 3.05) is 12.4 Å². The molecule has 1 heterocycles. The van der Waals surface area contributed by atoms with Crippen molar-refractivity contribution in [3.63, 3.8) is 0 Å². The average molecular weight is 228 g/mol. The van der Waals surface area contributed by atoms with Crippen molar-refractivity contribution in [2.45, 2.75) is 0 Å². The number of carbonyl (C=O) groups excluding carboxylic acids is 1. The number of anilines is 1. The molecule has 0 aliphatic carbocycles. The zero-order chi connectivity index (χ0) is 11.3. The molecule has 0 fully saturated rings. The first-order chi connectivity index (χ1) is 7.11. The lowest BCUT2D eigenvalue weighted by atomic mass is 10.4. The van der Waals surface area contributed by atoms with E-state index in [1.807, 2.05) is 0 Å². The van der Waals surface area contributed by atoms with Gasteiger partial charge in [-0.25, -0.2) is 14.6 Å². The highest BCUT2D eigenvalue weighted by molar-refractivity contribution is 7.16. The van der Waals surface area contributed by atoms with Crippen molar-refractivity contribution in [3.05, 3.63) is 17.2 Å². The lowest BCUT2D eigenvalue weighted by molar-refractivity contribution is -0.131. The number of nitrogens with zero attached hydrogens (tertiary/aromatic N) is 1. The number of ether oxygens (including phenoxy) is 1. The third kappa shape index (κ3) is 3.77. The number of rotatable bonds is 3. The normalized spacial score (nSPS) is 10.2. The van der Waals surface area contributed by atoms with Gasteiger partial charge in [0, 0.05) is 17.2 Å². The molecular formula is C8H8N2O4S. The van der Waals surface area contributed by atoms with E-state index in [1.54, 1.807) is 0 Å². The van der Waals surface area contributed by atoms with Gasteiger partial charge in [-0.05, 0) is 6.08 Å². The molecule has 6 nitrogen and oxygen atoms in total. The summed E-state index contributed by atoms with van der Waals surface area (Å²) in [4.78, 5) is 25.5. The predicted molar refractivity (Wildman–Crippen MR) is 54.8 cm³/mol. The van der Waals surface area contributed by atoms with Crippen LogP contribution in [0.1, 0.15) is 4.88 Å². The van der Waals surface area contributed by atoms with E-state index in [-0.39, 0.29) is 0 Å². The Morgan fingerprint density at radius 2 is 2.40 bits per heavy atom. The highest BCUT2D eigenvalue weighted by atomic mass is 32.1. The van der Waals surface area contributed by atoms with Crippen LogP contribution in [-0.2, 0) is 9.53 Å². The fourth-order valence-corrected chi connectivity index (χ4v) is 1.42. The van der Waals surface area contributed by atoms with E-state index in [0.29, 0.717) is 10.0 Å². The molecule has 7 heteroatoms. The minimum absolute atomic E-state index is 0.354. The molecule has 0 atom stereocenters. The number of aliphatic carboxylic acids is 1. The number of hydrogen-bond acceptors (Lipinski definition) is 5. The van der Waals surface area contributed by atoms with Gasteiger partial charge in [-0.15, -0.1) is 0 Å². The maximum absolute atomic E-state index is 10.8. The van der Waals surface area contributed by atoms with Gasteiger partial charge in [0.15, 0.2) is 5.13 Å². The summed E-state index contributed by atoms with van der Waals surface area (Å²) in [5.74, 6) is -1.04. The molecule has 0 aliphatic rings. The van der Waals surface area contributed by atoms with Crippen LogP contribution in [0.3, 0.4) is 0 Å². The molecule has 0 radical (unpaired) electrons. The van der Waals surface area contributed by atoms with Crippen molar-refractivity contribution in [1.82, 2.24) is 4.98 Å². The van der Waals surface area contributed by atoms with Crippen molar-refractivity contribution in [1.29, 1.82) is 0 Å². The van der Waals surface area contributed by atoms with Crippen LogP contribution in [0.5, 0.6) is 0 Å². The van der Waals surface area contributed by atoms with E-state index < -0.39 is 12.1 Å². The van der Waals surface area contributed by atoms with E-state index >= 15 is 0 Å². The molecule has 15 heavy (non-hydrogen) atoms. The van der Waals surface area contributed by atoms with E-state index in [9.17, 15) is 9.59 Å². The van der Waals surface area contributed by atoms with Gasteiger partial charge in [0.1, 0.15) is 0 Å². The number of amides is 1. The summed E-state index contributed by atoms with van der Waals surface area (Å²) in [6.07, 6.45) is 3.23. The number of methoxy groups -OCH3 is 1. The van der Waals surface area contributed by atoms with Gasteiger partial charge >= 0.3 is 12.1 Å². The second kappa shape index (κ2) is 5.11. The molecule has 1 rings (SSSR count). The molecule has 0 aliphatic heterocycles. The summed E-state index contributed by atoms with van der Waals surface area (Å²) in [5.41, 5.74) is 0. The monoisotopic (exact) mass is 228 g/mol. The van der Waals surface area contributed by atoms with Crippen LogP contribution in [0, 0.1) is 0 Å². The van der Waals surface area contributed by atoms with Gasteiger partial charge in [-0.2, -0.15) is 0 Å². The Kier molecular flexibility index (Phi) is 3.81. The summed E-state index contributed by atoms with van der Waals surface area (Å²) in [5, 5.41) is 11.1. The number of aromatic nitrogens is 1. The Hall–Kier alpha value is -1.89. The van der Waals surface area contributed by atoms with E-state index in [4.69, 9.17) is 5.11 Å². The average Bonchev–Trinajstić information content (AvgIpc) is 2.62. The van der Waals surface area contributed by atoms with Gasteiger partial charge in [0.2, 0.25) is 0 Å². The molecule has 0 bridgehead atoms. The van der Waals surface area contributed by atoms with Crippen LogP contribution < -0.4 is 5.32 Å². The maximum atomic E-state index is 10.8. The molecule has 80 valence electrons. The van der Waals surface area contributed by atoms with Crippen LogP contribution in [0.2, 0.25) is 0 Å². The quantitative estimate of drug-likeness (QED) is 0.764. The van der Waals surface area contributed by atoms with E-state index in [0.717, 1.165) is 17.4 Å². The lowest BCUT2D eigenvalue weighted by Crippen LogP contribution is -2.10. The predicted octanol–water partition coefficient (Wildman–Crippen LogP) is 1.42. The summed E-state index contributed by atoms with van der Waals surface area (Å²) >= 11 is 1.15. The Balaban J connectivity index is 2.64. The minimum atomic E-state index is -1.04. The zero-order valence-electron chi connectivity index (χ0n) is 7.76. The molecule has 0 spiro atoms. The summed E-state index contributed by atoms with van der Waals surface area (Å²) < 4.78 is 4.37. The molecule has 0 saturated carbocycles. The van der Waals surface area contributed by atoms with Gasteiger partial charge in [0.05, 0.1) is 7.11 Å². The highest BCUT2D eigenvalue weighted by Crippen LogP contribution is 2.19. The van der Waals surface area contributed by atoms with Gasteiger partial charge < -0.3 is 9.84 Å². The third-order valence-electron chi connectivity index (χ3n) is 1.31. The second-order valence-corrected chi connectivity index (χ2v) is 3.42. The molecule has 0 unspecified atom stereocenters. The SMILES string of the molecule is COC(=O)Nc1ncc(/C=C/C(=O)O)s1. The molecule has 1 amide bonds. The van der Waals surface area contributed by atoms with Gasteiger partial charge in [0.25, 0.3) is 0 Å². The topological polar surface area (TPSA) is 88.5 Å². The smallest absolute Gasteiger partial charge is 0.413 e. The number of hydrogen-bond donors (Lipinski definition) is 2. The number of carbonyl (C=O) groups is 2. The molecule has 1 aromatic rings. The van der Waals surface area contributed by atoms with Crippen LogP contribution in [-0.4, -0.2) is 29.3 Å². The van der Waals surface area contributed by atoms with Crippen LogP contribution in [0.15, 0.2) is 12.3 Å². The standard InChI is InChI=1S/C8H8N2O4S/c1-14-8(13)10-7-9-4-5(15-7)2-3-6(11)12/h2-4H,1H3,(H,11,12)(H,9,10,13)/b3-2+. The molecule has 1 aromatic heterocycles. The van der Waals surface area contributed by atoms with Crippen LogP contribution in [0.25, 0.3) is 6.08 Å². The summed E-state index contributed by atoms with van der Waals surface area (Å²) in [6.45, 7) is 0.